The van der Waals surface area contributed by atoms with Crippen molar-refractivity contribution in [1.82, 2.24) is 14.7 Å². The van der Waals surface area contributed by atoms with Crippen molar-refractivity contribution in [2.45, 2.75) is 33.2 Å². The largest absolute Gasteiger partial charge is 0.466 e. The summed E-state index contributed by atoms with van der Waals surface area (Å²) in [7, 11) is 1.39. The number of methoxy groups -OCH3 is 1. The van der Waals surface area contributed by atoms with Crippen LogP contribution in [0.25, 0.3) is 0 Å². The van der Waals surface area contributed by atoms with Crippen LogP contribution in [0.15, 0.2) is 51.6 Å². The van der Waals surface area contributed by atoms with E-state index in [9.17, 15) is 9.59 Å². The molecule has 1 atom stereocenters. The minimum Gasteiger partial charge on any atom is -0.466 e. The molecule has 3 heterocycles. The fourth-order valence-corrected chi connectivity index (χ4v) is 5.35. The maximum Gasteiger partial charge on any atom is 0.338 e. The molecule has 1 aromatic rings. The summed E-state index contributed by atoms with van der Waals surface area (Å²) >= 11 is 1.50. The standard InChI is InChI=1S/C24H30N4O3S/c1-5-26-10-12-27(13-11-26)20(29)14-19-15-32-24-25-17(3)21(23(30)31-4)22(28(19)24)18-8-6-16(2)7-9-18/h6-9,15,22H,5,10-14H2,1-4H3. The lowest BCUT2D eigenvalue weighted by Crippen LogP contribution is -2.49. The number of aryl methyl sites for hydroxylation is 1. The molecule has 7 nitrogen and oxygen atoms in total. The van der Waals surface area contributed by atoms with E-state index in [1.165, 1.54) is 18.9 Å². The number of benzene rings is 1. The molecular weight excluding hydrogens is 424 g/mol. The van der Waals surface area contributed by atoms with Crippen molar-refractivity contribution in [3.8, 4) is 0 Å². The quantitative estimate of drug-likeness (QED) is 0.636. The van der Waals surface area contributed by atoms with Gasteiger partial charge in [-0.25, -0.2) is 9.79 Å². The number of allylic oxidation sites excluding steroid dienone is 1. The second-order valence-electron chi connectivity index (χ2n) is 8.29. The third-order valence-corrected chi connectivity index (χ3v) is 7.19. The van der Waals surface area contributed by atoms with E-state index < -0.39 is 5.97 Å². The van der Waals surface area contributed by atoms with Gasteiger partial charge in [0, 0.05) is 31.9 Å². The highest BCUT2D eigenvalue weighted by Crippen LogP contribution is 2.44. The highest BCUT2D eigenvalue weighted by molar-refractivity contribution is 8.16. The number of thioether (sulfide) groups is 1. The number of piperazine rings is 1. The summed E-state index contributed by atoms with van der Waals surface area (Å²) in [5, 5.41) is 2.78. The zero-order valence-corrected chi connectivity index (χ0v) is 19.9. The van der Waals surface area contributed by atoms with Gasteiger partial charge in [0.1, 0.15) is 0 Å². The van der Waals surface area contributed by atoms with E-state index in [0.717, 1.165) is 54.7 Å². The van der Waals surface area contributed by atoms with Crippen LogP contribution in [0.1, 0.15) is 37.4 Å². The number of ether oxygens (including phenoxy) is 1. The van der Waals surface area contributed by atoms with Crippen LogP contribution in [-0.4, -0.2) is 71.6 Å². The molecule has 0 spiro atoms. The monoisotopic (exact) mass is 454 g/mol. The van der Waals surface area contributed by atoms with E-state index in [-0.39, 0.29) is 18.4 Å². The smallest absolute Gasteiger partial charge is 0.338 e. The third kappa shape index (κ3) is 4.34. The lowest BCUT2D eigenvalue weighted by atomic mass is 9.93. The Hall–Kier alpha value is -2.58. The van der Waals surface area contributed by atoms with Gasteiger partial charge in [0.05, 0.1) is 30.8 Å². The number of rotatable bonds is 5. The van der Waals surface area contributed by atoms with Crippen LogP contribution < -0.4 is 0 Å². The number of fused-ring (bicyclic) bond motifs is 1. The number of aliphatic imine (C=N–C) groups is 1. The Bertz CT molecular complexity index is 991. The number of carbonyl (C=O) groups is 2. The van der Waals surface area contributed by atoms with Crippen molar-refractivity contribution in [2.75, 3.05) is 39.8 Å². The van der Waals surface area contributed by atoms with Crippen LogP contribution in [0, 0.1) is 6.92 Å². The first kappa shape index (κ1) is 22.6. The Morgan fingerprint density at radius 2 is 1.81 bits per heavy atom. The van der Waals surface area contributed by atoms with Crippen LogP contribution in [0.5, 0.6) is 0 Å². The van der Waals surface area contributed by atoms with Gasteiger partial charge in [0.2, 0.25) is 5.91 Å². The van der Waals surface area contributed by atoms with Crippen LogP contribution in [0.3, 0.4) is 0 Å². The summed E-state index contributed by atoms with van der Waals surface area (Å²) in [6.07, 6.45) is 0.286. The first-order valence-electron chi connectivity index (χ1n) is 11.0. The molecule has 0 bridgehead atoms. The minimum atomic E-state index is -0.394. The van der Waals surface area contributed by atoms with Crippen molar-refractivity contribution in [1.29, 1.82) is 0 Å². The molecule has 3 aliphatic heterocycles. The van der Waals surface area contributed by atoms with Gasteiger partial charge < -0.3 is 19.4 Å². The number of hydrogen-bond acceptors (Lipinski definition) is 7. The maximum absolute atomic E-state index is 13.1. The molecule has 0 saturated carbocycles. The van der Waals surface area contributed by atoms with Gasteiger partial charge in [0.15, 0.2) is 5.17 Å². The summed E-state index contributed by atoms with van der Waals surface area (Å²) in [4.78, 5) is 36.9. The number of amidine groups is 1. The molecule has 1 unspecified atom stereocenters. The number of likely N-dealkylation sites (N-methyl/N-ethyl adjacent to an activating group) is 1. The van der Waals surface area contributed by atoms with E-state index in [2.05, 4.69) is 16.8 Å². The summed E-state index contributed by atoms with van der Waals surface area (Å²) in [6, 6.07) is 7.77. The van der Waals surface area contributed by atoms with Crippen LogP contribution in [0.4, 0.5) is 0 Å². The summed E-state index contributed by atoms with van der Waals surface area (Å²) in [5.41, 5.74) is 4.15. The molecule has 0 N–H and O–H groups in total. The molecule has 8 heteroatoms. The van der Waals surface area contributed by atoms with Crippen LogP contribution in [0.2, 0.25) is 0 Å². The fourth-order valence-electron chi connectivity index (χ4n) is 4.39. The average Bonchev–Trinajstić information content (AvgIpc) is 3.20. The molecule has 3 aliphatic rings. The lowest BCUT2D eigenvalue weighted by Gasteiger charge is -2.37. The zero-order chi connectivity index (χ0) is 22.8. The molecule has 32 heavy (non-hydrogen) atoms. The Balaban J connectivity index is 1.62. The maximum atomic E-state index is 13.1. The van der Waals surface area contributed by atoms with Crippen molar-refractivity contribution in [3.63, 3.8) is 0 Å². The van der Waals surface area contributed by atoms with Gasteiger partial charge in [-0.1, -0.05) is 48.5 Å². The van der Waals surface area contributed by atoms with Crippen LogP contribution in [-0.2, 0) is 14.3 Å². The third-order valence-electron chi connectivity index (χ3n) is 6.30. The highest BCUT2D eigenvalue weighted by Gasteiger charge is 2.41. The van der Waals surface area contributed by atoms with E-state index in [1.54, 1.807) is 0 Å². The lowest BCUT2D eigenvalue weighted by molar-refractivity contribution is -0.136. The summed E-state index contributed by atoms with van der Waals surface area (Å²) in [6.45, 7) is 10.4. The molecule has 0 aliphatic carbocycles. The topological polar surface area (TPSA) is 65.4 Å². The predicted molar refractivity (Wildman–Crippen MR) is 127 cm³/mol. The Kier molecular flexibility index (Phi) is 6.71. The van der Waals surface area contributed by atoms with Gasteiger partial charge in [0.25, 0.3) is 0 Å². The SMILES string of the molecule is CCN1CCN(C(=O)CC2=CSC3=NC(C)=C(C(=O)OC)C(c4ccc(C)cc4)N23)CC1. The van der Waals surface area contributed by atoms with E-state index in [1.807, 2.05) is 53.3 Å². The molecule has 1 amide bonds. The normalized spacial score (nSPS) is 21.3. The minimum absolute atomic E-state index is 0.113. The van der Waals surface area contributed by atoms with Gasteiger partial charge >= 0.3 is 5.97 Å². The van der Waals surface area contributed by atoms with Gasteiger partial charge in [-0.2, -0.15) is 0 Å². The second-order valence-corrected chi connectivity index (χ2v) is 9.12. The fraction of sp³-hybridized carbons (Fsp3) is 0.458. The van der Waals surface area contributed by atoms with Crippen molar-refractivity contribution in [2.24, 2.45) is 4.99 Å². The summed E-state index contributed by atoms with van der Waals surface area (Å²) < 4.78 is 5.12. The molecule has 1 saturated heterocycles. The van der Waals surface area contributed by atoms with E-state index >= 15 is 0 Å². The Labute approximate surface area is 193 Å². The molecule has 0 aromatic heterocycles. The van der Waals surface area contributed by atoms with Crippen LogP contribution >= 0.6 is 11.8 Å². The Morgan fingerprint density at radius 3 is 2.44 bits per heavy atom. The summed E-state index contributed by atoms with van der Waals surface area (Å²) in [5.74, 6) is -0.281. The highest BCUT2D eigenvalue weighted by atomic mass is 32.2. The first-order chi connectivity index (χ1) is 15.4. The molecule has 170 valence electrons. The number of nitrogens with zero attached hydrogens (tertiary/aromatic N) is 4. The van der Waals surface area contributed by atoms with Crippen molar-refractivity contribution in [3.05, 3.63) is 57.8 Å². The zero-order valence-electron chi connectivity index (χ0n) is 19.1. The second kappa shape index (κ2) is 9.50. The number of esters is 1. The van der Waals surface area contributed by atoms with Gasteiger partial charge in [-0.05, 0) is 31.4 Å². The van der Waals surface area contributed by atoms with Gasteiger partial charge in [-0.15, -0.1) is 0 Å². The van der Waals surface area contributed by atoms with E-state index in [4.69, 9.17) is 4.74 Å². The molecule has 4 rings (SSSR count). The molecule has 1 fully saturated rings. The molecular formula is C24H30N4O3S. The average molecular weight is 455 g/mol. The van der Waals surface area contributed by atoms with Crippen molar-refractivity contribution < 1.29 is 14.3 Å². The predicted octanol–water partition coefficient (Wildman–Crippen LogP) is 3.30. The Morgan fingerprint density at radius 1 is 1.12 bits per heavy atom. The van der Waals surface area contributed by atoms with E-state index in [0.29, 0.717) is 11.3 Å². The molecule has 1 aromatic carbocycles. The number of hydrogen-bond donors (Lipinski definition) is 0. The number of carbonyl (C=O) groups excluding carboxylic acids is 2. The first-order valence-corrected chi connectivity index (χ1v) is 11.9. The number of amides is 1. The van der Waals surface area contributed by atoms with Crippen molar-refractivity contribution >= 4 is 28.8 Å². The molecule has 0 radical (unpaired) electrons. The van der Waals surface area contributed by atoms with Gasteiger partial charge in [-0.3, -0.25) is 4.79 Å².